The number of benzene rings is 2. The second kappa shape index (κ2) is 7.88. The van der Waals surface area contributed by atoms with Crippen molar-refractivity contribution in [2.45, 2.75) is 33.3 Å². The summed E-state index contributed by atoms with van der Waals surface area (Å²) in [6.45, 7) is 6.42. The summed E-state index contributed by atoms with van der Waals surface area (Å²) in [5.41, 5.74) is 12.3. The van der Waals surface area contributed by atoms with Gasteiger partial charge in [-0.3, -0.25) is 5.10 Å². The van der Waals surface area contributed by atoms with Gasteiger partial charge in [-0.05, 0) is 71.1 Å². The van der Waals surface area contributed by atoms with Gasteiger partial charge in [-0.15, -0.1) is 5.10 Å². The first-order valence-electron chi connectivity index (χ1n) is 9.50. The number of nitrogens with two attached hydrogens (primary N) is 1. The number of nitriles is 1. The van der Waals surface area contributed by atoms with Crippen molar-refractivity contribution in [1.82, 2.24) is 10.2 Å². The minimum Gasteiger partial charge on any atom is -0.488 e. The highest BCUT2D eigenvalue weighted by Crippen LogP contribution is 2.44. The number of fused-ring (bicyclic) bond motifs is 1. The number of nitrogens with one attached hydrogen (secondary N) is 1. The molecule has 0 bridgehead atoms. The maximum atomic E-state index is 9.82. The molecule has 3 N–H and O–H groups in total. The number of nitrogens with zero attached hydrogens (tertiary/aromatic N) is 2. The third-order valence-corrected chi connectivity index (χ3v) is 6.04. The Morgan fingerprint density at radius 2 is 2.00 bits per heavy atom. The molecule has 1 aromatic heterocycles. The summed E-state index contributed by atoms with van der Waals surface area (Å²) in [5.74, 6) is 0.938. The van der Waals surface area contributed by atoms with E-state index in [0.717, 1.165) is 43.7 Å². The van der Waals surface area contributed by atoms with Gasteiger partial charge in [-0.25, -0.2) is 0 Å². The molecule has 1 aliphatic rings. The number of halogens is 1. The molecule has 152 valence electrons. The van der Waals surface area contributed by atoms with Gasteiger partial charge in [0.15, 0.2) is 0 Å². The smallest absolute Gasteiger partial charge is 0.244 e. The summed E-state index contributed by atoms with van der Waals surface area (Å²) in [6.07, 6.45) is 0. The maximum absolute atomic E-state index is 9.82. The second-order valence-electron chi connectivity index (χ2n) is 7.35. The molecule has 0 spiro atoms. The highest BCUT2D eigenvalue weighted by Gasteiger charge is 2.35. The van der Waals surface area contributed by atoms with Gasteiger partial charge in [0.05, 0.1) is 10.4 Å². The van der Waals surface area contributed by atoms with Crippen molar-refractivity contribution < 1.29 is 9.47 Å². The van der Waals surface area contributed by atoms with Crippen LogP contribution in [0, 0.1) is 32.1 Å². The van der Waals surface area contributed by atoms with Crippen molar-refractivity contribution in [3.8, 4) is 17.7 Å². The lowest BCUT2D eigenvalue weighted by molar-refractivity contribution is 0.303. The lowest BCUT2D eigenvalue weighted by Crippen LogP contribution is -2.21. The Morgan fingerprint density at radius 1 is 1.23 bits per heavy atom. The zero-order valence-electron chi connectivity index (χ0n) is 16.9. The van der Waals surface area contributed by atoms with Crippen LogP contribution < -0.4 is 15.2 Å². The Labute approximate surface area is 183 Å². The zero-order chi connectivity index (χ0) is 21.4. The number of para-hydroxylation sites is 1. The summed E-state index contributed by atoms with van der Waals surface area (Å²) >= 11 is 3.52. The van der Waals surface area contributed by atoms with E-state index in [0.29, 0.717) is 18.1 Å². The molecular weight excluding hydrogens is 444 g/mol. The molecule has 4 rings (SSSR count). The average Bonchev–Trinajstić information content (AvgIpc) is 3.08. The fourth-order valence-electron chi connectivity index (χ4n) is 3.81. The number of allylic oxidation sites excluding steroid dienone is 1. The van der Waals surface area contributed by atoms with Crippen molar-refractivity contribution >= 4 is 15.9 Å². The third kappa shape index (κ3) is 3.44. The van der Waals surface area contributed by atoms with Gasteiger partial charge in [0.1, 0.15) is 24.0 Å². The van der Waals surface area contributed by atoms with Crippen LogP contribution in [0.2, 0.25) is 0 Å². The van der Waals surface area contributed by atoms with Gasteiger partial charge in [0.2, 0.25) is 11.8 Å². The van der Waals surface area contributed by atoms with Crippen molar-refractivity contribution in [3.63, 3.8) is 0 Å². The van der Waals surface area contributed by atoms with E-state index >= 15 is 0 Å². The maximum Gasteiger partial charge on any atom is 0.244 e. The molecular formula is C23H21BrN4O2. The van der Waals surface area contributed by atoms with Gasteiger partial charge in [0.25, 0.3) is 0 Å². The van der Waals surface area contributed by atoms with Crippen LogP contribution in [0.3, 0.4) is 0 Å². The third-order valence-electron chi connectivity index (χ3n) is 5.38. The SMILES string of the molecule is Cc1cc(C)c(C2C(C#N)=C(N)Oc3n[nH]c(C)c32)cc1COc1ccccc1Br. The number of aromatic nitrogens is 2. The van der Waals surface area contributed by atoms with E-state index in [-0.39, 0.29) is 11.8 Å². The highest BCUT2D eigenvalue weighted by atomic mass is 79.9. The van der Waals surface area contributed by atoms with Gasteiger partial charge in [-0.2, -0.15) is 5.26 Å². The molecule has 1 atom stereocenters. The molecule has 30 heavy (non-hydrogen) atoms. The lowest BCUT2D eigenvalue weighted by atomic mass is 9.81. The van der Waals surface area contributed by atoms with Gasteiger partial charge in [-0.1, -0.05) is 24.3 Å². The molecule has 0 aliphatic carbocycles. The molecule has 2 aromatic carbocycles. The van der Waals surface area contributed by atoms with E-state index < -0.39 is 0 Å². The van der Waals surface area contributed by atoms with E-state index in [4.69, 9.17) is 15.2 Å². The molecule has 6 nitrogen and oxygen atoms in total. The van der Waals surface area contributed by atoms with Crippen molar-refractivity contribution in [1.29, 1.82) is 5.26 Å². The quantitative estimate of drug-likeness (QED) is 0.572. The molecule has 1 unspecified atom stereocenters. The number of hydrogen-bond donors (Lipinski definition) is 2. The monoisotopic (exact) mass is 464 g/mol. The van der Waals surface area contributed by atoms with Crippen LogP contribution in [-0.2, 0) is 6.61 Å². The Balaban J connectivity index is 1.78. The molecule has 0 fully saturated rings. The van der Waals surface area contributed by atoms with Crippen LogP contribution in [-0.4, -0.2) is 10.2 Å². The van der Waals surface area contributed by atoms with Crippen molar-refractivity contribution in [2.75, 3.05) is 0 Å². The lowest BCUT2D eigenvalue weighted by Gasteiger charge is -2.26. The number of hydrogen-bond acceptors (Lipinski definition) is 5. The van der Waals surface area contributed by atoms with Gasteiger partial charge >= 0.3 is 0 Å². The van der Waals surface area contributed by atoms with E-state index in [1.165, 1.54) is 0 Å². The second-order valence-corrected chi connectivity index (χ2v) is 8.20. The molecule has 1 aliphatic heterocycles. The number of aromatic amines is 1. The Kier molecular flexibility index (Phi) is 5.27. The Bertz CT molecular complexity index is 1210. The van der Waals surface area contributed by atoms with Crippen LogP contribution >= 0.6 is 15.9 Å². The minimum absolute atomic E-state index is 0.0903. The van der Waals surface area contributed by atoms with Crippen LogP contribution in [0.25, 0.3) is 0 Å². The van der Waals surface area contributed by atoms with Crippen LogP contribution in [0.15, 0.2) is 52.3 Å². The normalized spacial score (nSPS) is 15.4. The molecule has 0 radical (unpaired) electrons. The molecule has 7 heteroatoms. The van der Waals surface area contributed by atoms with Crippen LogP contribution in [0.4, 0.5) is 0 Å². The molecule has 3 aromatic rings. The summed E-state index contributed by atoms with van der Waals surface area (Å²) in [5, 5.41) is 17.0. The minimum atomic E-state index is -0.347. The fraction of sp³-hybridized carbons (Fsp3) is 0.217. The zero-order valence-corrected chi connectivity index (χ0v) is 18.5. The highest BCUT2D eigenvalue weighted by molar-refractivity contribution is 9.10. The molecule has 2 heterocycles. The Hall–Kier alpha value is -3.24. The number of H-pyrrole nitrogens is 1. The largest absolute Gasteiger partial charge is 0.488 e. The van der Waals surface area contributed by atoms with Crippen LogP contribution in [0.5, 0.6) is 11.6 Å². The molecule has 0 amide bonds. The predicted molar refractivity (Wildman–Crippen MR) is 117 cm³/mol. The molecule has 0 saturated carbocycles. The summed E-state index contributed by atoms with van der Waals surface area (Å²) < 4.78 is 12.5. The van der Waals surface area contributed by atoms with E-state index in [9.17, 15) is 5.26 Å². The van der Waals surface area contributed by atoms with Gasteiger partial charge < -0.3 is 15.2 Å². The van der Waals surface area contributed by atoms with E-state index in [2.05, 4.69) is 51.3 Å². The van der Waals surface area contributed by atoms with Crippen LogP contribution in [0.1, 0.15) is 39.4 Å². The standard InChI is InChI=1S/C23H21BrN4O2/c1-12-8-13(2)16(9-15(12)11-29-19-7-5-4-6-18(19)24)21-17(10-25)22(26)30-23-20(21)14(3)27-28-23/h4-9,21H,11,26H2,1-3H3,(H,27,28). The average molecular weight is 465 g/mol. The summed E-state index contributed by atoms with van der Waals surface area (Å²) in [6, 6.07) is 14.2. The van der Waals surface area contributed by atoms with E-state index in [1.54, 1.807) is 0 Å². The Morgan fingerprint density at radius 3 is 2.73 bits per heavy atom. The first-order valence-corrected chi connectivity index (χ1v) is 10.3. The summed E-state index contributed by atoms with van der Waals surface area (Å²) in [4.78, 5) is 0. The first-order chi connectivity index (χ1) is 14.4. The predicted octanol–water partition coefficient (Wildman–Crippen LogP) is 4.89. The number of aryl methyl sites for hydroxylation is 3. The van der Waals surface area contributed by atoms with Crippen molar-refractivity contribution in [3.05, 3.63) is 85.8 Å². The first kappa shape index (κ1) is 20.0. The van der Waals surface area contributed by atoms with Crippen molar-refractivity contribution in [2.24, 2.45) is 5.73 Å². The number of rotatable bonds is 4. The molecule has 0 saturated heterocycles. The van der Waals surface area contributed by atoms with Gasteiger partial charge in [0, 0.05) is 11.3 Å². The topological polar surface area (TPSA) is 97.0 Å². The number of ether oxygens (including phenoxy) is 2. The fourth-order valence-corrected chi connectivity index (χ4v) is 4.21. The summed E-state index contributed by atoms with van der Waals surface area (Å²) in [7, 11) is 0. The van der Waals surface area contributed by atoms with E-state index in [1.807, 2.05) is 38.1 Å².